The molecule has 2 aromatic rings. The monoisotopic (exact) mass is 234 g/mol. The lowest BCUT2D eigenvalue weighted by Crippen LogP contribution is -2.01. The van der Waals surface area contributed by atoms with Crippen molar-refractivity contribution in [2.45, 2.75) is 25.8 Å². The van der Waals surface area contributed by atoms with Gasteiger partial charge in [-0.05, 0) is 25.0 Å². The van der Waals surface area contributed by atoms with Gasteiger partial charge in [0.15, 0.2) is 0 Å². The van der Waals surface area contributed by atoms with Gasteiger partial charge in [-0.15, -0.1) is 11.6 Å². The van der Waals surface area contributed by atoms with E-state index >= 15 is 0 Å². The Labute approximate surface area is 101 Å². The van der Waals surface area contributed by atoms with Crippen LogP contribution in [0.5, 0.6) is 0 Å². The first-order valence-electron chi connectivity index (χ1n) is 5.38. The van der Waals surface area contributed by atoms with Crippen LogP contribution < -0.4 is 0 Å². The molecular weight excluding hydrogens is 220 g/mol. The van der Waals surface area contributed by atoms with E-state index in [1.807, 2.05) is 30.1 Å². The van der Waals surface area contributed by atoms with Crippen molar-refractivity contribution in [1.29, 1.82) is 0 Å². The standard InChI is InChI=1S/C13H15ClN2/c1-10-5-3-4-6-12(10)8-16-9-13(7-15-16)11(2)14/h3-7,9,11H,8H2,1-2H3. The summed E-state index contributed by atoms with van der Waals surface area (Å²) in [5.74, 6) is 0. The Morgan fingerprint density at radius 1 is 1.38 bits per heavy atom. The summed E-state index contributed by atoms with van der Waals surface area (Å²) in [6.07, 6.45) is 3.83. The fraction of sp³-hybridized carbons (Fsp3) is 0.308. The molecule has 2 rings (SSSR count). The maximum atomic E-state index is 6.00. The second-order valence-electron chi connectivity index (χ2n) is 4.01. The molecule has 0 aliphatic rings. The van der Waals surface area contributed by atoms with Crippen molar-refractivity contribution < 1.29 is 0 Å². The number of hydrogen-bond acceptors (Lipinski definition) is 1. The normalized spacial score (nSPS) is 12.7. The molecular formula is C13H15ClN2. The lowest BCUT2D eigenvalue weighted by atomic mass is 10.1. The molecule has 1 aromatic carbocycles. The van der Waals surface area contributed by atoms with E-state index in [1.54, 1.807) is 0 Å². The molecule has 0 amide bonds. The molecule has 1 atom stereocenters. The first-order valence-corrected chi connectivity index (χ1v) is 5.81. The highest BCUT2D eigenvalue weighted by molar-refractivity contribution is 6.20. The SMILES string of the molecule is Cc1ccccc1Cn1cc(C(C)Cl)cn1. The number of hydrogen-bond donors (Lipinski definition) is 0. The highest BCUT2D eigenvalue weighted by atomic mass is 35.5. The Balaban J connectivity index is 2.18. The van der Waals surface area contributed by atoms with Gasteiger partial charge in [0.25, 0.3) is 0 Å². The average Bonchev–Trinajstić information content (AvgIpc) is 2.70. The molecule has 0 saturated heterocycles. The zero-order valence-electron chi connectivity index (χ0n) is 9.52. The molecule has 0 bridgehead atoms. The van der Waals surface area contributed by atoms with Crippen molar-refractivity contribution in [3.8, 4) is 0 Å². The fourth-order valence-electron chi connectivity index (χ4n) is 1.63. The Morgan fingerprint density at radius 3 is 2.75 bits per heavy atom. The van der Waals surface area contributed by atoms with Gasteiger partial charge in [0.1, 0.15) is 0 Å². The van der Waals surface area contributed by atoms with Gasteiger partial charge >= 0.3 is 0 Å². The van der Waals surface area contributed by atoms with Crippen LogP contribution in [-0.2, 0) is 6.54 Å². The largest absolute Gasteiger partial charge is 0.268 e. The lowest BCUT2D eigenvalue weighted by molar-refractivity contribution is 0.683. The highest BCUT2D eigenvalue weighted by Crippen LogP contribution is 2.18. The quantitative estimate of drug-likeness (QED) is 0.743. The molecule has 0 aliphatic carbocycles. The van der Waals surface area contributed by atoms with Crippen molar-refractivity contribution in [2.75, 3.05) is 0 Å². The van der Waals surface area contributed by atoms with Crippen LogP contribution in [0.15, 0.2) is 36.7 Å². The summed E-state index contributed by atoms with van der Waals surface area (Å²) >= 11 is 6.00. The molecule has 0 fully saturated rings. The number of benzene rings is 1. The third-order valence-electron chi connectivity index (χ3n) is 2.71. The minimum Gasteiger partial charge on any atom is -0.268 e. The van der Waals surface area contributed by atoms with Crippen LogP contribution in [0.3, 0.4) is 0 Å². The van der Waals surface area contributed by atoms with Gasteiger partial charge in [-0.3, -0.25) is 4.68 Å². The molecule has 16 heavy (non-hydrogen) atoms. The van der Waals surface area contributed by atoms with Crippen LogP contribution >= 0.6 is 11.6 Å². The summed E-state index contributed by atoms with van der Waals surface area (Å²) in [5, 5.41) is 4.33. The van der Waals surface area contributed by atoms with Crippen LogP contribution in [0.25, 0.3) is 0 Å². The predicted octanol–water partition coefficient (Wildman–Crippen LogP) is 3.54. The Bertz CT molecular complexity index is 474. The second kappa shape index (κ2) is 4.71. The maximum absolute atomic E-state index is 6.00. The third-order valence-corrected chi connectivity index (χ3v) is 2.96. The molecule has 0 N–H and O–H groups in total. The van der Waals surface area contributed by atoms with Crippen LogP contribution in [-0.4, -0.2) is 9.78 Å². The molecule has 1 aromatic heterocycles. The van der Waals surface area contributed by atoms with E-state index in [2.05, 4.69) is 30.2 Å². The molecule has 1 unspecified atom stereocenters. The molecule has 0 saturated carbocycles. The maximum Gasteiger partial charge on any atom is 0.0662 e. The van der Waals surface area contributed by atoms with Gasteiger partial charge in [0, 0.05) is 11.8 Å². The average molecular weight is 235 g/mol. The van der Waals surface area contributed by atoms with E-state index in [9.17, 15) is 0 Å². The predicted molar refractivity (Wildman–Crippen MR) is 66.8 cm³/mol. The van der Waals surface area contributed by atoms with Crippen LogP contribution in [0.2, 0.25) is 0 Å². The van der Waals surface area contributed by atoms with Crippen molar-refractivity contribution in [1.82, 2.24) is 9.78 Å². The Morgan fingerprint density at radius 2 is 2.12 bits per heavy atom. The smallest absolute Gasteiger partial charge is 0.0662 e. The van der Waals surface area contributed by atoms with Crippen molar-refractivity contribution >= 4 is 11.6 Å². The lowest BCUT2D eigenvalue weighted by Gasteiger charge is -2.05. The van der Waals surface area contributed by atoms with Gasteiger partial charge < -0.3 is 0 Å². The van der Waals surface area contributed by atoms with Crippen molar-refractivity contribution in [3.05, 3.63) is 53.3 Å². The zero-order valence-corrected chi connectivity index (χ0v) is 10.3. The second-order valence-corrected chi connectivity index (χ2v) is 4.67. The molecule has 2 nitrogen and oxygen atoms in total. The highest BCUT2D eigenvalue weighted by Gasteiger charge is 2.05. The van der Waals surface area contributed by atoms with Gasteiger partial charge in [-0.1, -0.05) is 24.3 Å². The molecule has 0 radical (unpaired) electrons. The molecule has 3 heteroatoms. The Hall–Kier alpha value is -1.28. The minimum absolute atomic E-state index is 0.0191. The van der Waals surface area contributed by atoms with Crippen LogP contribution in [0, 0.1) is 6.92 Å². The van der Waals surface area contributed by atoms with Gasteiger partial charge in [-0.2, -0.15) is 5.10 Å². The topological polar surface area (TPSA) is 17.8 Å². The number of alkyl halides is 1. The summed E-state index contributed by atoms with van der Waals surface area (Å²) in [4.78, 5) is 0. The van der Waals surface area contributed by atoms with Crippen molar-refractivity contribution in [2.24, 2.45) is 0 Å². The molecule has 1 heterocycles. The van der Waals surface area contributed by atoms with E-state index < -0.39 is 0 Å². The number of halogens is 1. The Kier molecular flexibility index (Phi) is 3.30. The number of aryl methyl sites for hydroxylation is 1. The first-order chi connectivity index (χ1) is 7.66. The van der Waals surface area contributed by atoms with E-state index in [0.717, 1.165) is 12.1 Å². The van der Waals surface area contributed by atoms with Gasteiger partial charge in [0.05, 0.1) is 18.1 Å². The minimum atomic E-state index is 0.0191. The summed E-state index contributed by atoms with van der Waals surface area (Å²) in [5.41, 5.74) is 3.65. The summed E-state index contributed by atoms with van der Waals surface area (Å²) in [6, 6.07) is 8.34. The van der Waals surface area contributed by atoms with E-state index in [4.69, 9.17) is 11.6 Å². The van der Waals surface area contributed by atoms with Gasteiger partial charge in [-0.25, -0.2) is 0 Å². The summed E-state index contributed by atoms with van der Waals surface area (Å²) in [7, 11) is 0. The van der Waals surface area contributed by atoms with E-state index in [-0.39, 0.29) is 5.38 Å². The number of aromatic nitrogens is 2. The van der Waals surface area contributed by atoms with Crippen LogP contribution in [0.4, 0.5) is 0 Å². The van der Waals surface area contributed by atoms with Crippen molar-refractivity contribution in [3.63, 3.8) is 0 Å². The molecule has 0 spiro atoms. The molecule has 84 valence electrons. The zero-order chi connectivity index (χ0) is 11.5. The summed E-state index contributed by atoms with van der Waals surface area (Å²) in [6.45, 7) is 4.87. The number of rotatable bonds is 3. The fourth-order valence-corrected chi connectivity index (χ4v) is 1.75. The number of nitrogens with zero attached hydrogens (tertiary/aromatic N) is 2. The van der Waals surface area contributed by atoms with E-state index in [1.165, 1.54) is 11.1 Å². The summed E-state index contributed by atoms with van der Waals surface area (Å²) < 4.78 is 1.93. The van der Waals surface area contributed by atoms with Gasteiger partial charge in [0.2, 0.25) is 0 Å². The first kappa shape index (κ1) is 11.2. The molecule has 0 aliphatic heterocycles. The third kappa shape index (κ3) is 2.45. The van der Waals surface area contributed by atoms with E-state index in [0.29, 0.717) is 0 Å². The van der Waals surface area contributed by atoms with Crippen LogP contribution in [0.1, 0.15) is 29.0 Å².